The van der Waals surface area contributed by atoms with Crippen molar-refractivity contribution in [2.75, 3.05) is 13.1 Å². The summed E-state index contributed by atoms with van der Waals surface area (Å²) in [5, 5.41) is 7.82. The number of carbonyl (C=O) groups excluding carboxylic acids is 1. The molecule has 1 fully saturated rings. The standard InChI is InChI=1S/C20H22ClFN2O.C2HF3O2/c1-13(19(23)20(25)24-11-10-16(22)12-24)14-6-8-15(9-7-14)17-4-2-3-5-18(17)21;3-2(4,5)1(6)7/h2-9,13,16,19H,10-12,23H2,1H3;(H,6,7)/t13-,16-,19-;/m0./s1. The minimum absolute atomic E-state index is 0.147. The lowest BCUT2D eigenvalue weighted by molar-refractivity contribution is -0.192. The van der Waals surface area contributed by atoms with Gasteiger partial charge in [-0.3, -0.25) is 4.79 Å². The van der Waals surface area contributed by atoms with Crippen LogP contribution < -0.4 is 5.73 Å². The van der Waals surface area contributed by atoms with Crippen LogP contribution in [0.1, 0.15) is 24.8 Å². The third kappa shape index (κ3) is 6.67. The van der Waals surface area contributed by atoms with Gasteiger partial charge in [-0.2, -0.15) is 13.2 Å². The summed E-state index contributed by atoms with van der Waals surface area (Å²) in [7, 11) is 0. The van der Waals surface area contributed by atoms with Crippen LogP contribution in [0.3, 0.4) is 0 Å². The van der Waals surface area contributed by atoms with Crippen LogP contribution in [-0.2, 0) is 9.59 Å². The van der Waals surface area contributed by atoms with Gasteiger partial charge in [-0.05, 0) is 23.6 Å². The van der Waals surface area contributed by atoms with Crippen molar-refractivity contribution in [2.24, 2.45) is 5.73 Å². The summed E-state index contributed by atoms with van der Waals surface area (Å²) in [5.41, 5.74) is 9.12. The van der Waals surface area contributed by atoms with Gasteiger partial charge in [0.05, 0.1) is 12.6 Å². The number of aliphatic carboxylic acids is 1. The molecule has 2 aromatic rings. The fourth-order valence-corrected chi connectivity index (χ4v) is 3.46. The van der Waals surface area contributed by atoms with Crippen LogP contribution in [0.5, 0.6) is 0 Å². The molecule has 5 nitrogen and oxygen atoms in total. The smallest absolute Gasteiger partial charge is 0.475 e. The second kappa shape index (κ2) is 10.8. The maximum absolute atomic E-state index is 13.3. The number of nitrogens with two attached hydrogens (primary N) is 1. The molecule has 1 aliphatic rings. The number of halogens is 5. The molecule has 2 aromatic carbocycles. The van der Waals surface area contributed by atoms with Gasteiger partial charge in [0.25, 0.3) is 0 Å². The maximum Gasteiger partial charge on any atom is 0.490 e. The molecule has 3 N–H and O–H groups in total. The Morgan fingerprint density at radius 2 is 1.72 bits per heavy atom. The first-order chi connectivity index (χ1) is 14.9. The Bertz CT molecular complexity index is 938. The zero-order valence-corrected chi connectivity index (χ0v) is 17.9. The van der Waals surface area contributed by atoms with Gasteiger partial charge in [0.1, 0.15) is 6.17 Å². The Labute approximate surface area is 187 Å². The summed E-state index contributed by atoms with van der Waals surface area (Å²) < 4.78 is 45.1. The fourth-order valence-electron chi connectivity index (χ4n) is 3.21. The first-order valence-corrected chi connectivity index (χ1v) is 10.1. The Morgan fingerprint density at radius 1 is 1.16 bits per heavy atom. The summed E-state index contributed by atoms with van der Waals surface area (Å²) in [6.45, 7) is 2.53. The van der Waals surface area contributed by atoms with Crippen LogP contribution in [0, 0.1) is 0 Å². The van der Waals surface area contributed by atoms with E-state index in [1.165, 1.54) is 4.90 Å². The number of amides is 1. The lowest BCUT2D eigenvalue weighted by atomic mass is 9.91. The third-order valence-electron chi connectivity index (χ3n) is 5.13. The molecule has 1 aliphatic heterocycles. The zero-order chi connectivity index (χ0) is 24.1. The summed E-state index contributed by atoms with van der Waals surface area (Å²) in [6, 6.07) is 14.9. The summed E-state index contributed by atoms with van der Waals surface area (Å²) in [6.07, 6.45) is -5.61. The van der Waals surface area contributed by atoms with Crippen LogP contribution in [-0.4, -0.2) is 53.4 Å². The summed E-state index contributed by atoms with van der Waals surface area (Å²) in [5.74, 6) is -3.08. The average Bonchev–Trinajstić information content (AvgIpc) is 3.18. The van der Waals surface area contributed by atoms with E-state index in [1.54, 1.807) is 0 Å². The second-order valence-corrected chi connectivity index (χ2v) is 7.80. The Hall–Kier alpha value is -2.65. The van der Waals surface area contributed by atoms with E-state index < -0.39 is 24.4 Å². The Kier molecular flexibility index (Phi) is 8.63. The molecule has 0 unspecified atom stereocenters. The van der Waals surface area contributed by atoms with E-state index in [4.69, 9.17) is 27.2 Å². The number of benzene rings is 2. The largest absolute Gasteiger partial charge is 0.490 e. The zero-order valence-electron chi connectivity index (χ0n) is 17.2. The van der Waals surface area contributed by atoms with E-state index in [1.807, 2.05) is 55.5 Å². The SMILES string of the molecule is C[C@@H](c1ccc(-c2ccccc2Cl)cc1)[C@H](N)C(=O)N1CC[C@H](F)C1.O=C(O)C(F)(F)F. The van der Waals surface area contributed by atoms with Crippen molar-refractivity contribution < 1.29 is 32.3 Å². The molecule has 174 valence electrons. The Balaban J connectivity index is 0.000000451. The lowest BCUT2D eigenvalue weighted by Gasteiger charge is -2.25. The third-order valence-corrected chi connectivity index (χ3v) is 5.46. The van der Waals surface area contributed by atoms with Crippen molar-refractivity contribution in [1.29, 1.82) is 0 Å². The Morgan fingerprint density at radius 3 is 2.19 bits per heavy atom. The van der Waals surface area contributed by atoms with Crippen LogP contribution in [0.25, 0.3) is 11.1 Å². The van der Waals surface area contributed by atoms with Crippen LogP contribution in [0.15, 0.2) is 48.5 Å². The molecule has 32 heavy (non-hydrogen) atoms. The number of carbonyl (C=O) groups is 2. The molecule has 10 heteroatoms. The van der Waals surface area contributed by atoms with Crippen molar-refractivity contribution in [3.63, 3.8) is 0 Å². The molecular formula is C22H23ClF4N2O3. The van der Waals surface area contributed by atoms with Gasteiger partial charge in [0.15, 0.2) is 0 Å². The summed E-state index contributed by atoms with van der Waals surface area (Å²) >= 11 is 6.24. The molecule has 0 radical (unpaired) electrons. The molecule has 1 amide bonds. The minimum atomic E-state index is -5.08. The molecule has 1 heterocycles. The van der Waals surface area contributed by atoms with E-state index in [0.717, 1.165) is 16.7 Å². The van der Waals surface area contributed by atoms with Gasteiger partial charge in [-0.25, -0.2) is 9.18 Å². The van der Waals surface area contributed by atoms with Gasteiger partial charge < -0.3 is 15.7 Å². The van der Waals surface area contributed by atoms with E-state index in [-0.39, 0.29) is 18.4 Å². The maximum atomic E-state index is 13.3. The first kappa shape index (κ1) is 25.6. The quantitative estimate of drug-likeness (QED) is 0.632. The molecule has 3 rings (SSSR count). The summed E-state index contributed by atoms with van der Waals surface area (Å²) in [4.78, 5) is 22.9. The fraction of sp³-hybridized carbons (Fsp3) is 0.364. The van der Waals surface area contributed by atoms with Crippen molar-refractivity contribution in [1.82, 2.24) is 4.90 Å². The number of alkyl halides is 4. The number of carboxylic acid groups (broad SMARTS) is 1. The highest BCUT2D eigenvalue weighted by atomic mass is 35.5. The van der Waals surface area contributed by atoms with E-state index in [2.05, 4.69) is 0 Å². The lowest BCUT2D eigenvalue weighted by Crippen LogP contribution is -2.45. The average molecular weight is 475 g/mol. The van der Waals surface area contributed by atoms with Crippen LogP contribution >= 0.6 is 11.6 Å². The van der Waals surface area contributed by atoms with Gasteiger partial charge in [0, 0.05) is 23.0 Å². The minimum Gasteiger partial charge on any atom is -0.475 e. The highest BCUT2D eigenvalue weighted by Crippen LogP contribution is 2.29. The van der Waals surface area contributed by atoms with E-state index >= 15 is 0 Å². The van der Waals surface area contributed by atoms with Crippen molar-refractivity contribution in [2.45, 2.75) is 37.7 Å². The number of nitrogens with zero attached hydrogens (tertiary/aromatic N) is 1. The van der Waals surface area contributed by atoms with Gasteiger partial charge in [0.2, 0.25) is 5.91 Å². The number of hydrogen-bond acceptors (Lipinski definition) is 3. The monoisotopic (exact) mass is 474 g/mol. The molecule has 0 aliphatic carbocycles. The van der Waals surface area contributed by atoms with Crippen LogP contribution in [0.2, 0.25) is 5.02 Å². The number of rotatable bonds is 4. The number of likely N-dealkylation sites (tertiary alicyclic amines) is 1. The van der Waals surface area contributed by atoms with Crippen molar-refractivity contribution in [3.05, 3.63) is 59.1 Å². The van der Waals surface area contributed by atoms with Crippen molar-refractivity contribution >= 4 is 23.5 Å². The molecule has 0 spiro atoms. The predicted molar refractivity (Wildman–Crippen MR) is 113 cm³/mol. The predicted octanol–water partition coefficient (Wildman–Crippen LogP) is 4.64. The number of hydrogen-bond donors (Lipinski definition) is 2. The highest BCUT2D eigenvalue weighted by Gasteiger charge is 2.38. The number of carboxylic acids is 1. The first-order valence-electron chi connectivity index (χ1n) is 9.75. The van der Waals surface area contributed by atoms with Crippen LogP contribution in [0.4, 0.5) is 17.6 Å². The normalized spacial score (nSPS) is 17.8. The molecule has 0 saturated carbocycles. The molecule has 0 aromatic heterocycles. The second-order valence-electron chi connectivity index (χ2n) is 7.39. The molecule has 1 saturated heterocycles. The van der Waals surface area contributed by atoms with E-state index in [0.29, 0.717) is 18.0 Å². The molecule has 3 atom stereocenters. The molecule has 0 bridgehead atoms. The van der Waals surface area contributed by atoms with Gasteiger partial charge in [-0.15, -0.1) is 0 Å². The van der Waals surface area contributed by atoms with Crippen molar-refractivity contribution in [3.8, 4) is 11.1 Å². The highest BCUT2D eigenvalue weighted by molar-refractivity contribution is 6.33. The van der Waals surface area contributed by atoms with Gasteiger partial charge >= 0.3 is 12.1 Å². The topological polar surface area (TPSA) is 83.6 Å². The molecular weight excluding hydrogens is 452 g/mol. The van der Waals surface area contributed by atoms with E-state index in [9.17, 15) is 22.4 Å². The van der Waals surface area contributed by atoms with Gasteiger partial charge in [-0.1, -0.05) is 61.0 Å².